The first-order valence-corrected chi connectivity index (χ1v) is 5.01. The average Bonchev–Trinajstić information content (AvgIpc) is 2.59. The highest BCUT2D eigenvalue weighted by Gasteiger charge is 2.08. The van der Waals surface area contributed by atoms with Crippen molar-refractivity contribution in [3.8, 4) is 6.07 Å². The molecule has 0 atom stereocenters. The maximum Gasteiger partial charge on any atom is 0.151 e. The lowest BCUT2D eigenvalue weighted by Gasteiger charge is -1.97. The number of aryl methyl sites for hydroxylation is 1. The minimum absolute atomic E-state index is 0.586. The van der Waals surface area contributed by atoms with Crippen LogP contribution in [0.1, 0.15) is 21.5 Å². The first-order chi connectivity index (χ1) is 6.76. The Morgan fingerprint density at radius 3 is 2.93 bits per heavy atom. The van der Waals surface area contributed by atoms with Crippen molar-refractivity contribution in [2.45, 2.75) is 6.92 Å². The lowest BCUT2D eigenvalue weighted by atomic mass is 10.1. The van der Waals surface area contributed by atoms with Crippen molar-refractivity contribution in [2.24, 2.45) is 0 Å². The number of benzene rings is 1. The second kappa shape index (κ2) is 3.24. The number of nitrogens with zero attached hydrogens (tertiary/aromatic N) is 1. The maximum absolute atomic E-state index is 10.7. The molecule has 0 unspecified atom stereocenters. The molecule has 0 radical (unpaired) electrons. The van der Waals surface area contributed by atoms with Gasteiger partial charge in [0.15, 0.2) is 6.29 Å². The van der Waals surface area contributed by atoms with Crippen LogP contribution < -0.4 is 0 Å². The fourth-order valence-electron chi connectivity index (χ4n) is 1.50. The van der Waals surface area contributed by atoms with Gasteiger partial charge in [-0.25, -0.2) is 0 Å². The second-order valence-electron chi connectivity index (χ2n) is 3.11. The molecule has 1 heterocycles. The van der Waals surface area contributed by atoms with Crippen LogP contribution in [-0.2, 0) is 0 Å². The van der Waals surface area contributed by atoms with E-state index < -0.39 is 0 Å². The van der Waals surface area contributed by atoms with Crippen LogP contribution in [0, 0.1) is 18.3 Å². The number of carbonyl (C=O) groups is 1. The van der Waals surface area contributed by atoms with E-state index in [1.807, 2.05) is 19.1 Å². The Kier molecular flexibility index (Phi) is 2.06. The lowest BCUT2D eigenvalue weighted by Crippen LogP contribution is -1.83. The van der Waals surface area contributed by atoms with Crippen LogP contribution in [0.4, 0.5) is 0 Å². The summed E-state index contributed by atoms with van der Waals surface area (Å²) in [6.45, 7) is 1.95. The topological polar surface area (TPSA) is 40.9 Å². The molecular formula is C11H7NOS. The number of thiophene rings is 1. The van der Waals surface area contributed by atoms with Crippen molar-refractivity contribution < 1.29 is 4.79 Å². The highest BCUT2D eigenvalue weighted by molar-refractivity contribution is 7.17. The van der Waals surface area contributed by atoms with Crippen molar-refractivity contribution in [3.63, 3.8) is 0 Å². The first kappa shape index (κ1) is 8.92. The normalized spacial score (nSPS) is 10.0. The van der Waals surface area contributed by atoms with Gasteiger partial charge in [-0.15, -0.1) is 11.3 Å². The van der Waals surface area contributed by atoms with Gasteiger partial charge < -0.3 is 0 Å². The van der Waals surface area contributed by atoms with Crippen LogP contribution in [0.5, 0.6) is 0 Å². The fraction of sp³-hybridized carbons (Fsp3) is 0.0909. The molecule has 3 heteroatoms. The van der Waals surface area contributed by atoms with Crippen LogP contribution in [0.25, 0.3) is 10.1 Å². The van der Waals surface area contributed by atoms with Gasteiger partial charge in [0.05, 0.1) is 11.6 Å². The van der Waals surface area contributed by atoms with Gasteiger partial charge in [-0.3, -0.25) is 4.79 Å². The van der Waals surface area contributed by atoms with Gasteiger partial charge in [-0.2, -0.15) is 5.26 Å². The summed E-state index contributed by atoms with van der Waals surface area (Å²) in [7, 11) is 0. The number of aldehydes is 1. The number of hydrogen-bond acceptors (Lipinski definition) is 3. The Morgan fingerprint density at radius 1 is 1.50 bits per heavy atom. The smallest absolute Gasteiger partial charge is 0.151 e. The number of hydrogen-bond donors (Lipinski definition) is 0. The molecule has 68 valence electrons. The van der Waals surface area contributed by atoms with E-state index in [0.717, 1.165) is 21.9 Å². The number of nitriles is 1. The SMILES string of the molecule is Cc1cc(C#N)c2c(C=O)csc2c1. The van der Waals surface area contributed by atoms with Crippen molar-refractivity contribution in [2.75, 3.05) is 0 Å². The van der Waals surface area contributed by atoms with Gasteiger partial charge >= 0.3 is 0 Å². The average molecular weight is 201 g/mol. The molecule has 0 saturated heterocycles. The van der Waals surface area contributed by atoms with Gasteiger partial charge in [0, 0.05) is 21.0 Å². The van der Waals surface area contributed by atoms with Gasteiger partial charge in [0.25, 0.3) is 0 Å². The zero-order valence-corrected chi connectivity index (χ0v) is 8.39. The third kappa shape index (κ3) is 1.21. The number of carbonyl (C=O) groups excluding carboxylic acids is 1. The van der Waals surface area contributed by atoms with Crippen LogP contribution in [0.2, 0.25) is 0 Å². The molecule has 0 fully saturated rings. The molecule has 0 N–H and O–H groups in total. The molecule has 2 aromatic rings. The summed E-state index contributed by atoms with van der Waals surface area (Å²) < 4.78 is 1.00. The zero-order chi connectivity index (χ0) is 10.1. The number of fused-ring (bicyclic) bond motifs is 1. The summed E-state index contributed by atoms with van der Waals surface area (Å²) in [5.41, 5.74) is 2.25. The fourth-order valence-corrected chi connectivity index (χ4v) is 2.53. The van der Waals surface area contributed by atoms with E-state index >= 15 is 0 Å². The molecular weight excluding hydrogens is 194 g/mol. The van der Waals surface area contributed by atoms with Crippen LogP contribution in [0.3, 0.4) is 0 Å². The standard InChI is InChI=1S/C11H7NOS/c1-7-2-8(4-12)11-9(5-13)6-14-10(11)3-7/h2-3,5-6H,1H3. The Hall–Kier alpha value is -1.66. The Labute approximate surface area is 85.4 Å². The van der Waals surface area contributed by atoms with Gasteiger partial charge in [-0.1, -0.05) is 0 Å². The molecule has 1 aromatic heterocycles. The highest BCUT2D eigenvalue weighted by atomic mass is 32.1. The lowest BCUT2D eigenvalue weighted by molar-refractivity contribution is 0.112. The molecule has 0 bridgehead atoms. The van der Waals surface area contributed by atoms with Crippen LogP contribution in [-0.4, -0.2) is 6.29 Å². The van der Waals surface area contributed by atoms with Gasteiger partial charge in [0.1, 0.15) is 0 Å². The minimum atomic E-state index is 0.586. The number of rotatable bonds is 1. The van der Waals surface area contributed by atoms with E-state index in [0.29, 0.717) is 11.1 Å². The molecule has 1 aromatic carbocycles. The maximum atomic E-state index is 10.7. The summed E-state index contributed by atoms with van der Waals surface area (Å²) in [5, 5.41) is 11.5. The minimum Gasteiger partial charge on any atom is -0.298 e. The van der Waals surface area contributed by atoms with E-state index in [-0.39, 0.29) is 0 Å². The van der Waals surface area contributed by atoms with E-state index in [4.69, 9.17) is 5.26 Å². The molecule has 0 spiro atoms. The molecule has 0 amide bonds. The van der Waals surface area contributed by atoms with Crippen molar-refractivity contribution in [3.05, 3.63) is 34.2 Å². The highest BCUT2D eigenvalue weighted by Crippen LogP contribution is 2.29. The van der Waals surface area contributed by atoms with Gasteiger partial charge in [0.2, 0.25) is 0 Å². The molecule has 0 aliphatic heterocycles. The Bertz CT molecular complexity index is 548. The second-order valence-corrected chi connectivity index (χ2v) is 4.02. The van der Waals surface area contributed by atoms with Gasteiger partial charge in [-0.05, 0) is 24.6 Å². The quantitative estimate of drug-likeness (QED) is 0.665. The zero-order valence-electron chi connectivity index (χ0n) is 7.57. The van der Waals surface area contributed by atoms with Crippen molar-refractivity contribution in [1.82, 2.24) is 0 Å². The predicted octanol–water partition coefficient (Wildman–Crippen LogP) is 2.89. The summed E-state index contributed by atoms with van der Waals surface area (Å²) in [5.74, 6) is 0. The Morgan fingerprint density at radius 2 is 2.29 bits per heavy atom. The monoisotopic (exact) mass is 201 g/mol. The van der Waals surface area contributed by atoms with Crippen LogP contribution in [0.15, 0.2) is 17.5 Å². The first-order valence-electron chi connectivity index (χ1n) is 4.13. The largest absolute Gasteiger partial charge is 0.298 e. The summed E-state index contributed by atoms with van der Waals surface area (Å²) in [4.78, 5) is 10.7. The predicted molar refractivity (Wildman–Crippen MR) is 56.7 cm³/mol. The third-order valence-electron chi connectivity index (χ3n) is 2.10. The molecule has 0 aliphatic carbocycles. The van der Waals surface area contributed by atoms with Crippen LogP contribution >= 0.6 is 11.3 Å². The third-order valence-corrected chi connectivity index (χ3v) is 3.04. The Balaban J connectivity index is 2.94. The molecule has 2 rings (SSSR count). The van der Waals surface area contributed by atoms with Crippen molar-refractivity contribution >= 4 is 27.7 Å². The summed E-state index contributed by atoms with van der Waals surface area (Å²) in [6, 6.07) is 5.92. The summed E-state index contributed by atoms with van der Waals surface area (Å²) in [6.07, 6.45) is 0.801. The van der Waals surface area contributed by atoms with E-state index in [1.165, 1.54) is 11.3 Å². The van der Waals surface area contributed by atoms with E-state index in [2.05, 4.69) is 6.07 Å². The van der Waals surface area contributed by atoms with E-state index in [1.54, 1.807) is 5.38 Å². The summed E-state index contributed by atoms with van der Waals surface area (Å²) >= 11 is 1.50. The van der Waals surface area contributed by atoms with E-state index in [9.17, 15) is 4.79 Å². The molecule has 0 saturated carbocycles. The van der Waals surface area contributed by atoms with Crippen molar-refractivity contribution in [1.29, 1.82) is 5.26 Å². The molecule has 2 nitrogen and oxygen atoms in total. The molecule has 0 aliphatic rings. The molecule has 14 heavy (non-hydrogen) atoms.